The Morgan fingerprint density at radius 2 is 2.04 bits per heavy atom. The first kappa shape index (κ1) is 17.0. The van der Waals surface area contributed by atoms with Gasteiger partial charge in [0.05, 0.1) is 6.54 Å². The Labute approximate surface area is 135 Å². The number of aromatic nitrogens is 2. The molecule has 0 spiro atoms. The SMILES string of the molecule is Cc1noc(CCCNC(=O)NCC(C)(O)c2ccccc2)n1. The molecule has 2 amide bonds. The van der Waals surface area contributed by atoms with Crippen molar-refractivity contribution in [2.45, 2.75) is 32.3 Å². The molecule has 0 aliphatic rings. The lowest BCUT2D eigenvalue weighted by atomic mass is 9.96. The minimum atomic E-state index is -1.11. The lowest BCUT2D eigenvalue weighted by Gasteiger charge is -2.24. The van der Waals surface area contributed by atoms with Gasteiger partial charge in [0.1, 0.15) is 5.60 Å². The molecule has 124 valence electrons. The molecule has 2 rings (SSSR count). The molecule has 1 aromatic heterocycles. The Morgan fingerprint density at radius 3 is 2.70 bits per heavy atom. The largest absolute Gasteiger partial charge is 0.384 e. The van der Waals surface area contributed by atoms with Crippen LogP contribution in [0.2, 0.25) is 0 Å². The van der Waals surface area contributed by atoms with E-state index in [0.717, 1.165) is 5.56 Å². The van der Waals surface area contributed by atoms with Gasteiger partial charge in [-0.05, 0) is 25.8 Å². The monoisotopic (exact) mass is 318 g/mol. The maximum Gasteiger partial charge on any atom is 0.314 e. The zero-order valence-corrected chi connectivity index (χ0v) is 13.4. The molecule has 1 atom stereocenters. The summed E-state index contributed by atoms with van der Waals surface area (Å²) in [6, 6.07) is 8.91. The average molecular weight is 318 g/mol. The highest BCUT2D eigenvalue weighted by atomic mass is 16.5. The van der Waals surface area contributed by atoms with Gasteiger partial charge in [-0.25, -0.2) is 4.79 Å². The van der Waals surface area contributed by atoms with Gasteiger partial charge in [-0.1, -0.05) is 35.5 Å². The van der Waals surface area contributed by atoms with Crippen molar-refractivity contribution in [1.82, 2.24) is 20.8 Å². The summed E-state index contributed by atoms with van der Waals surface area (Å²) in [5.74, 6) is 1.17. The molecular weight excluding hydrogens is 296 g/mol. The first-order valence-electron chi connectivity index (χ1n) is 7.56. The molecule has 0 radical (unpaired) electrons. The van der Waals surface area contributed by atoms with Crippen molar-refractivity contribution in [3.05, 3.63) is 47.6 Å². The highest BCUT2D eigenvalue weighted by molar-refractivity contribution is 5.73. The van der Waals surface area contributed by atoms with Crippen LogP contribution in [0, 0.1) is 6.92 Å². The standard InChI is InChI=1S/C16H22N4O3/c1-12-19-14(23-20-12)9-6-10-17-15(21)18-11-16(2,22)13-7-4-3-5-8-13/h3-5,7-8,22H,6,9-11H2,1-2H3,(H2,17,18,21). The summed E-state index contributed by atoms with van der Waals surface area (Å²) in [6.07, 6.45) is 1.31. The normalized spacial score (nSPS) is 13.3. The zero-order chi connectivity index (χ0) is 16.7. The third-order valence-corrected chi connectivity index (χ3v) is 3.41. The van der Waals surface area contributed by atoms with Crippen molar-refractivity contribution >= 4 is 6.03 Å². The van der Waals surface area contributed by atoms with Crippen molar-refractivity contribution in [2.75, 3.05) is 13.1 Å². The van der Waals surface area contributed by atoms with Crippen molar-refractivity contribution < 1.29 is 14.4 Å². The molecule has 1 unspecified atom stereocenters. The van der Waals surface area contributed by atoms with Crippen LogP contribution in [0.3, 0.4) is 0 Å². The number of carbonyl (C=O) groups excluding carboxylic acids is 1. The van der Waals surface area contributed by atoms with Crippen molar-refractivity contribution in [2.24, 2.45) is 0 Å². The maximum atomic E-state index is 11.8. The van der Waals surface area contributed by atoms with Gasteiger partial charge >= 0.3 is 6.03 Å². The summed E-state index contributed by atoms with van der Waals surface area (Å²) >= 11 is 0. The third kappa shape index (κ3) is 5.37. The van der Waals surface area contributed by atoms with Crippen LogP contribution in [0.5, 0.6) is 0 Å². The number of aryl methyl sites for hydroxylation is 2. The molecule has 1 heterocycles. The van der Waals surface area contributed by atoms with Gasteiger partial charge in [-0.3, -0.25) is 0 Å². The highest BCUT2D eigenvalue weighted by Crippen LogP contribution is 2.18. The lowest BCUT2D eigenvalue weighted by Crippen LogP contribution is -2.43. The summed E-state index contributed by atoms with van der Waals surface area (Å²) < 4.78 is 4.99. The van der Waals surface area contributed by atoms with E-state index < -0.39 is 5.60 Å². The number of benzene rings is 1. The van der Waals surface area contributed by atoms with Gasteiger partial charge in [-0.2, -0.15) is 4.98 Å². The fourth-order valence-corrected chi connectivity index (χ4v) is 2.10. The van der Waals surface area contributed by atoms with Crippen molar-refractivity contribution in [3.8, 4) is 0 Å². The molecule has 0 saturated heterocycles. The Balaban J connectivity index is 1.67. The summed E-state index contributed by atoms with van der Waals surface area (Å²) in [5.41, 5.74) is -0.355. The summed E-state index contributed by atoms with van der Waals surface area (Å²) in [4.78, 5) is 15.8. The Hall–Kier alpha value is -2.41. The predicted molar refractivity (Wildman–Crippen MR) is 84.8 cm³/mol. The van der Waals surface area contributed by atoms with Crippen LogP contribution in [-0.2, 0) is 12.0 Å². The van der Waals surface area contributed by atoms with Gasteiger partial charge < -0.3 is 20.3 Å². The van der Waals surface area contributed by atoms with E-state index in [4.69, 9.17) is 4.52 Å². The Kier molecular flexibility index (Phi) is 5.70. The van der Waals surface area contributed by atoms with Crippen LogP contribution < -0.4 is 10.6 Å². The number of rotatable bonds is 7. The zero-order valence-electron chi connectivity index (χ0n) is 13.4. The molecule has 7 heteroatoms. The fourth-order valence-electron chi connectivity index (χ4n) is 2.10. The summed E-state index contributed by atoms with van der Waals surface area (Å²) in [7, 11) is 0. The van der Waals surface area contributed by atoms with E-state index in [2.05, 4.69) is 20.8 Å². The summed E-state index contributed by atoms with van der Waals surface area (Å²) in [5, 5.41) is 19.5. The van der Waals surface area contributed by atoms with Crippen molar-refractivity contribution in [3.63, 3.8) is 0 Å². The second-order valence-electron chi connectivity index (χ2n) is 5.59. The van der Waals surface area contributed by atoms with Crippen LogP contribution in [0.1, 0.15) is 30.6 Å². The van der Waals surface area contributed by atoms with E-state index in [1.165, 1.54) is 0 Å². The number of amides is 2. The van der Waals surface area contributed by atoms with Crippen LogP contribution in [0.15, 0.2) is 34.9 Å². The van der Waals surface area contributed by atoms with Crippen LogP contribution >= 0.6 is 0 Å². The number of urea groups is 1. The third-order valence-electron chi connectivity index (χ3n) is 3.41. The van der Waals surface area contributed by atoms with Crippen LogP contribution in [0.25, 0.3) is 0 Å². The second kappa shape index (κ2) is 7.73. The molecule has 2 aromatic rings. The highest BCUT2D eigenvalue weighted by Gasteiger charge is 2.23. The number of nitrogens with zero attached hydrogens (tertiary/aromatic N) is 2. The Bertz CT molecular complexity index is 625. The first-order chi connectivity index (χ1) is 11.0. The van der Waals surface area contributed by atoms with Gasteiger partial charge in [0.25, 0.3) is 0 Å². The quantitative estimate of drug-likeness (QED) is 0.672. The van der Waals surface area contributed by atoms with E-state index in [9.17, 15) is 9.90 Å². The first-order valence-corrected chi connectivity index (χ1v) is 7.56. The maximum absolute atomic E-state index is 11.8. The molecule has 0 bridgehead atoms. The number of hydrogen-bond acceptors (Lipinski definition) is 5. The molecule has 0 saturated carbocycles. The number of carbonyl (C=O) groups is 1. The molecule has 0 aliphatic carbocycles. The molecule has 1 aromatic carbocycles. The van der Waals surface area contributed by atoms with Crippen LogP contribution in [-0.4, -0.2) is 34.4 Å². The molecular formula is C16H22N4O3. The van der Waals surface area contributed by atoms with E-state index in [1.54, 1.807) is 13.8 Å². The Morgan fingerprint density at radius 1 is 1.30 bits per heavy atom. The van der Waals surface area contributed by atoms with Gasteiger partial charge in [0, 0.05) is 13.0 Å². The number of aliphatic hydroxyl groups is 1. The van der Waals surface area contributed by atoms with E-state index >= 15 is 0 Å². The molecule has 3 N–H and O–H groups in total. The minimum Gasteiger partial charge on any atom is -0.384 e. The van der Waals surface area contributed by atoms with Gasteiger partial charge in [0.2, 0.25) is 5.89 Å². The molecule has 0 aliphatic heterocycles. The summed E-state index contributed by atoms with van der Waals surface area (Å²) in [6.45, 7) is 4.05. The predicted octanol–water partition coefficient (Wildman–Crippen LogP) is 1.52. The smallest absolute Gasteiger partial charge is 0.314 e. The number of nitrogens with one attached hydrogen (secondary N) is 2. The van der Waals surface area contributed by atoms with Crippen molar-refractivity contribution in [1.29, 1.82) is 0 Å². The van der Waals surface area contributed by atoms with Gasteiger partial charge in [-0.15, -0.1) is 0 Å². The topological polar surface area (TPSA) is 100 Å². The van der Waals surface area contributed by atoms with E-state index in [1.807, 2.05) is 30.3 Å². The van der Waals surface area contributed by atoms with E-state index in [0.29, 0.717) is 31.1 Å². The minimum absolute atomic E-state index is 0.131. The average Bonchev–Trinajstić information content (AvgIpc) is 2.96. The molecule has 23 heavy (non-hydrogen) atoms. The molecule has 7 nitrogen and oxygen atoms in total. The lowest BCUT2D eigenvalue weighted by molar-refractivity contribution is 0.0594. The molecule has 0 fully saturated rings. The van der Waals surface area contributed by atoms with E-state index in [-0.39, 0.29) is 12.6 Å². The second-order valence-corrected chi connectivity index (χ2v) is 5.59. The van der Waals surface area contributed by atoms with Gasteiger partial charge in [0.15, 0.2) is 5.82 Å². The number of hydrogen-bond donors (Lipinski definition) is 3. The van der Waals surface area contributed by atoms with Crippen LogP contribution in [0.4, 0.5) is 4.79 Å². The fraction of sp³-hybridized carbons (Fsp3) is 0.438.